The van der Waals surface area contributed by atoms with Crippen molar-refractivity contribution in [1.82, 2.24) is 9.97 Å². The molecule has 0 aliphatic heterocycles. The molecular weight excluding hydrogens is 204 g/mol. The van der Waals surface area contributed by atoms with Crippen LogP contribution in [0.2, 0.25) is 0 Å². The van der Waals surface area contributed by atoms with E-state index in [2.05, 4.69) is 16.5 Å². The number of carbonyl (C=O) groups is 1. The average Bonchev–Trinajstić information content (AvgIpc) is 2.35. The second-order valence-corrected chi connectivity index (χ2v) is 3.15. The quantitative estimate of drug-likeness (QED) is 0.579. The van der Waals surface area contributed by atoms with Crippen LogP contribution in [0.5, 0.6) is 0 Å². The lowest BCUT2D eigenvalue weighted by Crippen LogP contribution is -2.05. The molecule has 0 saturated carbocycles. The number of hydrogen-bond acceptors (Lipinski definition) is 4. The van der Waals surface area contributed by atoms with Gasteiger partial charge in [-0.25, -0.2) is 4.79 Å². The maximum absolute atomic E-state index is 11.5. The molecule has 0 saturated heterocycles. The second kappa shape index (κ2) is 4.53. The minimum absolute atomic E-state index is 0.194. The SMILES string of the molecule is C=CCOC(=O)c1cnc2cccnc2c1. The maximum atomic E-state index is 11.5. The molecule has 2 rings (SSSR count). The van der Waals surface area contributed by atoms with Crippen LogP contribution in [0.15, 0.2) is 43.2 Å². The first kappa shape index (κ1) is 10.3. The Morgan fingerprint density at radius 2 is 2.31 bits per heavy atom. The Morgan fingerprint density at radius 1 is 1.44 bits per heavy atom. The Labute approximate surface area is 92.6 Å². The van der Waals surface area contributed by atoms with E-state index < -0.39 is 5.97 Å². The number of esters is 1. The Morgan fingerprint density at radius 3 is 3.12 bits per heavy atom. The van der Waals surface area contributed by atoms with Crippen LogP contribution in [-0.2, 0) is 4.74 Å². The van der Waals surface area contributed by atoms with Crippen LogP contribution in [0.1, 0.15) is 10.4 Å². The fourth-order valence-electron chi connectivity index (χ4n) is 1.28. The summed E-state index contributed by atoms with van der Waals surface area (Å²) in [4.78, 5) is 19.7. The maximum Gasteiger partial charge on any atom is 0.340 e. The van der Waals surface area contributed by atoms with Gasteiger partial charge >= 0.3 is 5.97 Å². The molecule has 0 aromatic carbocycles. The van der Waals surface area contributed by atoms with Gasteiger partial charge in [-0.1, -0.05) is 12.7 Å². The highest BCUT2D eigenvalue weighted by atomic mass is 16.5. The van der Waals surface area contributed by atoms with Crippen molar-refractivity contribution in [2.24, 2.45) is 0 Å². The molecule has 2 heterocycles. The molecule has 0 bridgehead atoms. The van der Waals surface area contributed by atoms with Crippen LogP contribution in [0.25, 0.3) is 11.0 Å². The number of nitrogens with zero attached hydrogens (tertiary/aromatic N) is 2. The summed E-state index contributed by atoms with van der Waals surface area (Å²) in [6, 6.07) is 5.29. The van der Waals surface area contributed by atoms with Crippen LogP contribution in [0, 0.1) is 0 Å². The number of pyridine rings is 2. The highest BCUT2D eigenvalue weighted by Crippen LogP contribution is 2.10. The van der Waals surface area contributed by atoms with E-state index in [0.29, 0.717) is 11.1 Å². The summed E-state index contributed by atoms with van der Waals surface area (Å²) in [7, 11) is 0. The van der Waals surface area contributed by atoms with Gasteiger partial charge in [0.1, 0.15) is 6.61 Å². The van der Waals surface area contributed by atoms with Gasteiger partial charge < -0.3 is 4.74 Å². The molecule has 0 spiro atoms. The van der Waals surface area contributed by atoms with Crippen LogP contribution >= 0.6 is 0 Å². The third-order valence-electron chi connectivity index (χ3n) is 2.02. The zero-order valence-corrected chi connectivity index (χ0v) is 8.59. The molecule has 0 atom stereocenters. The van der Waals surface area contributed by atoms with Crippen LogP contribution in [0.3, 0.4) is 0 Å². The van der Waals surface area contributed by atoms with Gasteiger partial charge in [0, 0.05) is 12.4 Å². The van der Waals surface area contributed by atoms with Gasteiger partial charge in [0.15, 0.2) is 0 Å². The lowest BCUT2D eigenvalue weighted by Gasteiger charge is -2.02. The van der Waals surface area contributed by atoms with E-state index in [0.717, 1.165) is 5.52 Å². The molecule has 2 aromatic rings. The third kappa shape index (κ3) is 2.06. The van der Waals surface area contributed by atoms with Crippen molar-refractivity contribution in [3.63, 3.8) is 0 Å². The Bertz CT molecular complexity index is 537. The summed E-state index contributed by atoms with van der Waals surface area (Å²) < 4.78 is 4.90. The minimum atomic E-state index is -0.417. The number of fused-ring (bicyclic) bond motifs is 1. The highest BCUT2D eigenvalue weighted by molar-refractivity contribution is 5.92. The Hall–Kier alpha value is -2.23. The Balaban J connectivity index is 2.32. The lowest BCUT2D eigenvalue weighted by atomic mass is 10.2. The predicted octanol–water partition coefficient (Wildman–Crippen LogP) is 1.97. The summed E-state index contributed by atoms with van der Waals surface area (Å²) in [6.07, 6.45) is 4.66. The van der Waals surface area contributed by atoms with Crippen molar-refractivity contribution in [2.45, 2.75) is 0 Å². The van der Waals surface area contributed by atoms with Gasteiger partial charge in [-0.05, 0) is 18.2 Å². The summed E-state index contributed by atoms with van der Waals surface area (Å²) in [5.41, 5.74) is 1.83. The molecule has 4 heteroatoms. The van der Waals surface area contributed by atoms with Crippen LogP contribution in [-0.4, -0.2) is 22.5 Å². The van der Waals surface area contributed by atoms with Crippen molar-refractivity contribution in [3.05, 3.63) is 48.8 Å². The molecule has 2 aromatic heterocycles. The fourth-order valence-corrected chi connectivity index (χ4v) is 1.28. The molecule has 0 N–H and O–H groups in total. The van der Waals surface area contributed by atoms with E-state index in [4.69, 9.17) is 4.74 Å². The van der Waals surface area contributed by atoms with E-state index >= 15 is 0 Å². The molecule has 0 amide bonds. The number of ether oxygens (including phenoxy) is 1. The molecule has 4 nitrogen and oxygen atoms in total. The van der Waals surface area contributed by atoms with E-state index in [1.54, 1.807) is 18.3 Å². The second-order valence-electron chi connectivity index (χ2n) is 3.15. The lowest BCUT2D eigenvalue weighted by molar-refractivity contribution is 0.0549. The highest BCUT2D eigenvalue weighted by Gasteiger charge is 2.07. The first-order valence-corrected chi connectivity index (χ1v) is 4.80. The number of rotatable bonds is 3. The molecule has 16 heavy (non-hydrogen) atoms. The Kier molecular flexibility index (Phi) is 2.91. The van der Waals surface area contributed by atoms with Crippen molar-refractivity contribution in [3.8, 4) is 0 Å². The smallest absolute Gasteiger partial charge is 0.340 e. The van der Waals surface area contributed by atoms with Crippen molar-refractivity contribution in [1.29, 1.82) is 0 Å². The van der Waals surface area contributed by atoms with Gasteiger partial charge in [0.2, 0.25) is 0 Å². The van der Waals surface area contributed by atoms with Gasteiger partial charge in [-0.15, -0.1) is 0 Å². The number of carbonyl (C=O) groups excluding carboxylic acids is 1. The number of hydrogen-bond donors (Lipinski definition) is 0. The monoisotopic (exact) mass is 214 g/mol. The van der Waals surface area contributed by atoms with E-state index in [1.807, 2.05) is 6.07 Å². The van der Waals surface area contributed by atoms with Gasteiger partial charge in [0.25, 0.3) is 0 Å². The first-order valence-electron chi connectivity index (χ1n) is 4.80. The summed E-state index contributed by atoms with van der Waals surface area (Å²) >= 11 is 0. The molecule has 0 aliphatic carbocycles. The molecule has 0 radical (unpaired) electrons. The molecular formula is C12H10N2O2. The van der Waals surface area contributed by atoms with Gasteiger partial charge in [-0.3, -0.25) is 9.97 Å². The fraction of sp³-hybridized carbons (Fsp3) is 0.0833. The standard InChI is InChI=1S/C12H10N2O2/c1-2-6-16-12(15)9-7-11-10(14-8-9)4-3-5-13-11/h2-5,7-8H,1,6H2. The van der Waals surface area contributed by atoms with Crippen molar-refractivity contribution >= 4 is 17.0 Å². The van der Waals surface area contributed by atoms with Gasteiger partial charge in [0.05, 0.1) is 16.6 Å². The van der Waals surface area contributed by atoms with Crippen LogP contribution in [0.4, 0.5) is 0 Å². The molecule has 80 valence electrons. The van der Waals surface area contributed by atoms with E-state index in [-0.39, 0.29) is 6.61 Å². The predicted molar refractivity (Wildman–Crippen MR) is 60.0 cm³/mol. The van der Waals surface area contributed by atoms with Gasteiger partial charge in [-0.2, -0.15) is 0 Å². The molecule has 0 aliphatic rings. The zero-order chi connectivity index (χ0) is 11.4. The van der Waals surface area contributed by atoms with E-state index in [1.165, 1.54) is 12.3 Å². The van der Waals surface area contributed by atoms with Crippen molar-refractivity contribution in [2.75, 3.05) is 6.61 Å². The molecule has 0 fully saturated rings. The largest absolute Gasteiger partial charge is 0.458 e. The van der Waals surface area contributed by atoms with Crippen molar-refractivity contribution < 1.29 is 9.53 Å². The van der Waals surface area contributed by atoms with E-state index in [9.17, 15) is 4.79 Å². The normalized spacial score (nSPS) is 10.0. The zero-order valence-electron chi connectivity index (χ0n) is 8.59. The topological polar surface area (TPSA) is 52.1 Å². The number of aromatic nitrogens is 2. The third-order valence-corrected chi connectivity index (χ3v) is 2.02. The van der Waals surface area contributed by atoms with Crippen LogP contribution < -0.4 is 0 Å². The molecule has 0 unspecified atom stereocenters. The summed E-state index contributed by atoms with van der Waals surface area (Å²) in [5, 5.41) is 0. The minimum Gasteiger partial charge on any atom is -0.458 e. The summed E-state index contributed by atoms with van der Waals surface area (Å²) in [5.74, 6) is -0.417. The first-order chi connectivity index (χ1) is 7.81. The average molecular weight is 214 g/mol. The summed E-state index contributed by atoms with van der Waals surface area (Å²) in [6.45, 7) is 3.66.